The van der Waals surface area contributed by atoms with Crippen molar-refractivity contribution >= 4 is 34.0 Å². The third kappa shape index (κ3) is 2.66. The summed E-state index contributed by atoms with van der Waals surface area (Å²) in [7, 11) is 0. The van der Waals surface area contributed by atoms with E-state index in [1.807, 2.05) is 13.0 Å². The van der Waals surface area contributed by atoms with Gasteiger partial charge in [-0.05, 0) is 25.1 Å². The summed E-state index contributed by atoms with van der Waals surface area (Å²) < 4.78 is 7.16. The first-order chi connectivity index (χ1) is 11.8. The lowest BCUT2D eigenvalue weighted by molar-refractivity contribution is 0.122. The number of nitriles is 1. The van der Waals surface area contributed by atoms with Crippen LogP contribution in [0.2, 0.25) is 0 Å². The molecule has 1 aliphatic rings. The first-order valence-corrected chi connectivity index (χ1v) is 8.74. The molecule has 122 valence electrons. The predicted octanol–water partition coefficient (Wildman–Crippen LogP) is 2.04. The summed E-state index contributed by atoms with van der Waals surface area (Å²) >= 11 is 1.37. The van der Waals surface area contributed by atoms with Crippen LogP contribution in [0.3, 0.4) is 0 Å². The Balaban J connectivity index is 1.87. The number of thioether (sulfide) groups is 1. The fourth-order valence-corrected chi connectivity index (χ4v) is 3.49. The summed E-state index contributed by atoms with van der Waals surface area (Å²) in [6, 6.07) is 8.35. The van der Waals surface area contributed by atoms with Crippen molar-refractivity contribution in [3.63, 3.8) is 0 Å². The third-order valence-corrected chi connectivity index (χ3v) is 4.77. The Morgan fingerprint density at radius 3 is 2.92 bits per heavy atom. The number of anilines is 1. The van der Waals surface area contributed by atoms with Crippen molar-refractivity contribution in [2.24, 2.45) is 0 Å². The van der Waals surface area contributed by atoms with Gasteiger partial charge >= 0.3 is 0 Å². The maximum atomic E-state index is 8.84. The van der Waals surface area contributed by atoms with Gasteiger partial charge in [0.2, 0.25) is 0 Å². The minimum Gasteiger partial charge on any atom is -0.378 e. The van der Waals surface area contributed by atoms with Crippen molar-refractivity contribution < 1.29 is 4.74 Å². The molecule has 4 rings (SSSR count). The standard InChI is InChI=1S/C16H16N6OS/c1-11-18-15-13-10-12(21-5-7-23-8-6-21)2-3-14(13)19-16(22(15)20-11)24-9-4-17/h2-3,10H,5-9H2,1H3. The monoisotopic (exact) mass is 340 g/mol. The average molecular weight is 340 g/mol. The molecule has 0 bridgehead atoms. The van der Waals surface area contributed by atoms with Crippen molar-refractivity contribution in [2.75, 3.05) is 37.0 Å². The van der Waals surface area contributed by atoms with Crippen LogP contribution >= 0.6 is 11.8 Å². The first kappa shape index (κ1) is 15.2. The molecule has 24 heavy (non-hydrogen) atoms. The van der Waals surface area contributed by atoms with Crippen LogP contribution < -0.4 is 4.90 Å². The molecule has 7 nitrogen and oxygen atoms in total. The number of fused-ring (bicyclic) bond motifs is 3. The van der Waals surface area contributed by atoms with Crippen molar-refractivity contribution in [3.8, 4) is 6.07 Å². The summed E-state index contributed by atoms with van der Waals surface area (Å²) in [6.07, 6.45) is 0. The van der Waals surface area contributed by atoms with Gasteiger partial charge in [-0.1, -0.05) is 11.8 Å². The van der Waals surface area contributed by atoms with Gasteiger partial charge in [0.1, 0.15) is 5.82 Å². The molecular weight excluding hydrogens is 324 g/mol. The molecule has 1 fully saturated rings. The summed E-state index contributed by atoms with van der Waals surface area (Å²) in [5.41, 5.74) is 2.80. The first-order valence-electron chi connectivity index (χ1n) is 7.76. The Kier molecular flexibility index (Phi) is 3.96. The van der Waals surface area contributed by atoms with E-state index in [4.69, 9.17) is 10.00 Å². The van der Waals surface area contributed by atoms with Gasteiger partial charge in [0.05, 0.1) is 30.6 Å². The van der Waals surface area contributed by atoms with Gasteiger partial charge in [0.15, 0.2) is 10.8 Å². The number of hydrogen-bond donors (Lipinski definition) is 0. The van der Waals surface area contributed by atoms with Crippen LogP contribution in [0.4, 0.5) is 5.69 Å². The summed E-state index contributed by atoms with van der Waals surface area (Å²) in [5, 5.41) is 14.9. The molecule has 0 N–H and O–H groups in total. The largest absolute Gasteiger partial charge is 0.378 e. The van der Waals surface area contributed by atoms with E-state index in [-0.39, 0.29) is 0 Å². The molecule has 1 aromatic carbocycles. The highest BCUT2D eigenvalue weighted by Gasteiger charge is 2.16. The molecule has 1 saturated heterocycles. The molecule has 2 aromatic heterocycles. The van der Waals surface area contributed by atoms with Gasteiger partial charge in [-0.25, -0.2) is 9.97 Å². The van der Waals surface area contributed by atoms with E-state index >= 15 is 0 Å². The number of ether oxygens (including phenoxy) is 1. The zero-order valence-corrected chi connectivity index (χ0v) is 14.1. The second-order valence-corrected chi connectivity index (χ2v) is 6.48. The lowest BCUT2D eigenvalue weighted by Crippen LogP contribution is -2.36. The van der Waals surface area contributed by atoms with Crippen molar-refractivity contribution in [1.29, 1.82) is 5.26 Å². The van der Waals surface area contributed by atoms with Crippen LogP contribution in [0.15, 0.2) is 23.4 Å². The Hall–Kier alpha value is -2.37. The van der Waals surface area contributed by atoms with Crippen LogP contribution in [0.25, 0.3) is 16.6 Å². The van der Waals surface area contributed by atoms with E-state index in [1.54, 1.807) is 4.52 Å². The molecule has 3 heterocycles. The normalized spacial score (nSPS) is 15.1. The topological polar surface area (TPSA) is 79.3 Å². The molecule has 0 radical (unpaired) electrons. The quantitative estimate of drug-likeness (QED) is 0.533. The summed E-state index contributed by atoms with van der Waals surface area (Å²) in [5.74, 6) is 1.03. The van der Waals surface area contributed by atoms with Crippen LogP contribution in [0.1, 0.15) is 5.82 Å². The third-order valence-electron chi connectivity index (χ3n) is 3.97. The molecule has 3 aromatic rings. The minimum absolute atomic E-state index is 0.332. The second kappa shape index (κ2) is 6.26. The van der Waals surface area contributed by atoms with Crippen molar-refractivity contribution in [2.45, 2.75) is 12.1 Å². The maximum Gasteiger partial charge on any atom is 0.192 e. The van der Waals surface area contributed by atoms with Crippen LogP contribution in [-0.4, -0.2) is 51.6 Å². The zero-order chi connectivity index (χ0) is 16.5. The molecular formula is C16H16N6OS. The van der Waals surface area contributed by atoms with E-state index < -0.39 is 0 Å². The molecule has 0 unspecified atom stereocenters. The van der Waals surface area contributed by atoms with Gasteiger partial charge in [0, 0.05) is 24.2 Å². The fourth-order valence-electron chi connectivity index (χ4n) is 2.88. The number of aryl methyl sites for hydroxylation is 1. The van der Waals surface area contributed by atoms with E-state index in [0.717, 1.165) is 48.5 Å². The van der Waals surface area contributed by atoms with E-state index in [2.05, 4.69) is 38.2 Å². The number of aromatic nitrogens is 4. The van der Waals surface area contributed by atoms with Gasteiger partial charge in [-0.2, -0.15) is 9.78 Å². The highest BCUT2D eigenvalue weighted by molar-refractivity contribution is 7.99. The number of morpholine rings is 1. The zero-order valence-electron chi connectivity index (χ0n) is 13.3. The number of hydrogen-bond acceptors (Lipinski definition) is 7. The molecule has 0 saturated carbocycles. The number of nitrogens with zero attached hydrogens (tertiary/aromatic N) is 6. The van der Waals surface area contributed by atoms with Crippen LogP contribution in [0, 0.1) is 18.3 Å². The molecule has 0 aliphatic carbocycles. The summed E-state index contributed by atoms with van der Waals surface area (Å²) in [6.45, 7) is 5.14. The molecule has 1 aliphatic heterocycles. The number of rotatable bonds is 3. The Morgan fingerprint density at radius 2 is 2.12 bits per heavy atom. The molecule has 8 heteroatoms. The smallest absolute Gasteiger partial charge is 0.192 e. The average Bonchev–Trinajstić information content (AvgIpc) is 3.02. The number of benzene rings is 1. The Labute approximate surface area is 143 Å². The van der Waals surface area contributed by atoms with Crippen molar-refractivity contribution in [3.05, 3.63) is 24.0 Å². The van der Waals surface area contributed by atoms with E-state index in [1.165, 1.54) is 11.8 Å². The van der Waals surface area contributed by atoms with Gasteiger partial charge in [-0.15, -0.1) is 5.10 Å². The van der Waals surface area contributed by atoms with Gasteiger partial charge < -0.3 is 9.64 Å². The molecule has 0 spiro atoms. The highest BCUT2D eigenvalue weighted by atomic mass is 32.2. The SMILES string of the molecule is Cc1nc2c3cc(N4CCOCC4)ccc3nc(SCC#N)n2n1. The van der Waals surface area contributed by atoms with E-state index in [9.17, 15) is 0 Å². The maximum absolute atomic E-state index is 8.84. The minimum atomic E-state index is 0.332. The van der Waals surface area contributed by atoms with Crippen LogP contribution in [0.5, 0.6) is 0 Å². The second-order valence-electron chi connectivity index (χ2n) is 5.54. The van der Waals surface area contributed by atoms with Crippen molar-refractivity contribution in [1.82, 2.24) is 19.6 Å². The summed E-state index contributed by atoms with van der Waals surface area (Å²) in [4.78, 5) is 11.5. The highest BCUT2D eigenvalue weighted by Crippen LogP contribution is 2.27. The predicted molar refractivity (Wildman–Crippen MR) is 92.4 cm³/mol. The molecule has 0 amide bonds. The van der Waals surface area contributed by atoms with Gasteiger partial charge in [0.25, 0.3) is 0 Å². The fraction of sp³-hybridized carbons (Fsp3) is 0.375. The van der Waals surface area contributed by atoms with E-state index in [0.29, 0.717) is 16.7 Å². The molecule has 0 atom stereocenters. The lowest BCUT2D eigenvalue weighted by atomic mass is 10.2. The Bertz CT molecular complexity index is 941. The Morgan fingerprint density at radius 1 is 1.29 bits per heavy atom. The van der Waals surface area contributed by atoms with Crippen LogP contribution in [-0.2, 0) is 4.74 Å². The lowest BCUT2D eigenvalue weighted by Gasteiger charge is -2.29. The van der Waals surface area contributed by atoms with Gasteiger partial charge in [-0.3, -0.25) is 0 Å².